The van der Waals surface area contributed by atoms with E-state index in [1.165, 1.54) is 18.3 Å². The Balaban J connectivity index is 2.11. The minimum Gasteiger partial charge on any atom is -0.461 e. The first-order chi connectivity index (χ1) is 16.2. The van der Waals surface area contributed by atoms with E-state index in [4.69, 9.17) is 4.74 Å². The summed E-state index contributed by atoms with van der Waals surface area (Å²) in [5, 5.41) is 0. The molecular weight excluding hydrogens is 466 g/mol. The largest absolute Gasteiger partial charge is 0.461 e. The molecule has 0 amide bonds. The Morgan fingerprint density at radius 3 is 2.56 bits per heavy atom. The number of unbranched alkanes of at least 4 members (excludes halogenated alkanes) is 1. The first-order valence-corrected chi connectivity index (χ1v) is 12.5. The van der Waals surface area contributed by atoms with Gasteiger partial charge < -0.3 is 14.4 Å². The lowest BCUT2D eigenvalue weighted by molar-refractivity contribution is -0.140. The Morgan fingerprint density at radius 2 is 1.91 bits per heavy atom. The monoisotopic (exact) mass is 494 g/mol. The third-order valence-corrected chi connectivity index (χ3v) is 7.53. The third-order valence-electron chi connectivity index (χ3n) is 5.59. The van der Waals surface area contributed by atoms with Crippen LogP contribution in [-0.4, -0.2) is 44.9 Å². The lowest BCUT2D eigenvalue weighted by atomic mass is 10.1. The van der Waals surface area contributed by atoms with Crippen LogP contribution in [0, 0.1) is 5.82 Å². The van der Waals surface area contributed by atoms with Crippen LogP contribution in [0.15, 0.2) is 59.4 Å². The molecule has 0 spiro atoms. The maximum atomic E-state index is 15.0. The Morgan fingerprint density at radius 1 is 1.21 bits per heavy atom. The van der Waals surface area contributed by atoms with E-state index in [0.717, 1.165) is 25.0 Å². The molecule has 10 heteroatoms. The fourth-order valence-electron chi connectivity index (χ4n) is 3.74. The molecule has 0 saturated heterocycles. The van der Waals surface area contributed by atoms with Crippen molar-refractivity contribution in [2.45, 2.75) is 44.0 Å². The lowest BCUT2D eigenvalue weighted by Crippen LogP contribution is -2.40. The Labute approximate surface area is 198 Å². The Kier molecular flexibility index (Phi) is 8.27. The number of fused-ring (bicyclic) bond motifs is 1. The summed E-state index contributed by atoms with van der Waals surface area (Å²) in [5.41, 5.74) is 0.855. The highest BCUT2D eigenvalue weighted by molar-refractivity contribution is 7.89. The number of hydrogen-bond acceptors (Lipinski definition) is 6. The van der Waals surface area contributed by atoms with Crippen molar-refractivity contribution in [1.82, 2.24) is 4.31 Å². The summed E-state index contributed by atoms with van der Waals surface area (Å²) in [6, 6.07) is 10.8. The summed E-state index contributed by atoms with van der Waals surface area (Å²) < 4.78 is 66.8. The molecule has 0 saturated carbocycles. The van der Waals surface area contributed by atoms with Crippen LogP contribution in [0.1, 0.15) is 33.1 Å². The van der Waals surface area contributed by atoms with Crippen LogP contribution in [0.5, 0.6) is 5.75 Å². The molecule has 7 nitrogen and oxygen atoms in total. The van der Waals surface area contributed by atoms with Crippen LogP contribution in [0.25, 0.3) is 0 Å². The minimum absolute atomic E-state index is 0.0492. The summed E-state index contributed by atoms with van der Waals surface area (Å²) in [4.78, 5) is 13.0. The van der Waals surface area contributed by atoms with Crippen LogP contribution in [0.2, 0.25) is 0 Å². The number of carbonyl (C=O) groups excluding carboxylic acids is 1. The number of ether oxygens (including phenoxy) is 2. The molecule has 3 rings (SSSR count). The Bertz CT molecular complexity index is 1160. The summed E-state index contributed by atoms with van der Waals surface area (Å²) in [6.45, 7) is 3.80. The van der Waals surface area contributed by atoms with Gasteiger partial charge in [0.1, 0.15) is 11.2 Å². The quantitative estimate of drug-likeness (QED) is 0.295. The van der Waals surface area contributed by atoms with Crippen molar-refractivity contribution in [1.29, 1.82) is 0 Å². The first-order valence-electron chi connectivity index (χ1n) is 11.0. The van der Waals surface area contributed by atoms with Gasteiger partial charge in [-0.3, -0.25) is 0 Å². The highest BCUT2D eigenvalue weighted by Gasteiger charge is 2.37. The predicted molar refractivity (Wildman–Crippen MR) is 125 cm³/mol. The SMILES string of the molecule is CCCCC1CN(c2ccccc2)c2cc(F)c(O/C=C(\F)C(=O)OCC)cc2S(=O)(=O)N1C. The average molecular weight is 495 g/mol. The van der Waals surface area contributed by atoms with Gasteiger partial charge in [0.05, 0.1) is 12.3 Å². The highest BCUT2D eigenvalue weighted by atomic mass is 32.2. The Hall–Kier alpha value is -2.98. The van der Waals surface area contributed by atoms with Gasteiger partial charge in [-0.15, -0.1) is 0 Å². The number of likely N-dealkylation sites (N-methyl/N-ethyl adjacent to an activating group) is 1. The van der Waals surface area contributed by atoms with E-state index < -0.39 is 33.4 Å². The second-order valence-corrected chi connectivity index (χ2v) is 9.78. The zero-order chi connectivity index (χ0) is 24.9. The molecule has 1 heterocycles. The van der Waals surface area contributed by atoms with E-state index in [0.29, 0.717) is 24.9 Å². The van der Waals surface area contributed by atoms with E-state index in [1.807, 2.05) is 37.3 Å². The summed E-state index contributed by atoms with van der Waals surface area (Å²) in [6.07, 6.45) is 2.75. The van der Waals surface area contributed by atoms with Gasteiger partial charge >= 0.3 is 5.97 Å². The summed E-state index contributed by atoms with van der Waals surface area (Å²) in [5.74, 6) is -4.08. The number of esters is 1. The van der Waals surface area contributed by atoms with Gasteiger partial charge in [-0.25, -0.2) is 17.6 Å². The zero-order valence-electron chi connectivity index (χ0n) is 19.3. The lowest BCUT2D eigenvalue weighted by Gasteiger charge is -2.29. The second kappa shape index (κ2) is 11.0. The molecule has 0 bridgehead atoms. The number of carbonyl (C=O) groups is 1. The minimum atomic E-state index is -4.04. The maximum Gasteiger partial charge on any atom is 0.370 e. The average Bonchev–Trinajstić information content (AvgIpc) is 2.90. The topological polar surface area (TPSA) is 76.1 Å². The number of sulfonamides is 1. The van der Waals surface area contributed by atoms with Crippen molar-refractivity contribution >= 4 is 27.4 Å². The number of rotatable bonds is 8. The molecule has 1 aliphatic rings. The molecule has 184 valence electrons. The van der Waals surface area contributed by atoms with Gasteiger partial charge in [-0.1, -0.05) is 38.0 Å². The van der Waals surface area contributed by atoms with Crippen LogP contribution >= 0.6 is 0 Å². The molecule has 0 N–H and O–H groups in total. The number of halogens is 2. The van der Waals surface area contributed by atoms with E-state index in [1.54, 1.807) is 4.90 Å². The van der Waals surface area contributed by atoms with E-state index in [2.05, 4.69) is 4.74 Å². The number of hydrogen-bond donors (Lipinski definition) is 0. The van der Waals surface area contributed by atoms with Gasteiger partial charge in [0.25, 0.3) is 0 Å². The van der Waals surface area contributed by atoms with Crippen LogP contribution in [-0.2, 0) is 19.6 Å². The van der Waals surface area contributed by atoms with Crippen LogP contribution < -0.4 is 9.64 Å². The number of nitrogens with zero attached hydrogens (tertiary/aromatic N) is 2. The van der Waals surface area contributed by atoms with Gasteiger partial charge in [-0.05, 0) is 25.5 Å². The van der Waals surface area contributed by atoms with Crippen LogP contribution in [0.4, 0.5) is 20.2 Å². The molecule has 34 heavy (non-hydrogen) atoms. The summed E-state index contributed by atoms with van der Waals surface area (Å²) in [7, 11) is -2.54. The molecule has 2 aromatic carbocycles. The van der Waals surface area contributed by atoms with Gasteiger partial charge in [0.15, 0.2) is 11.6 Å². The second-order valence-electron chi connectivity index (χ2n) is 7.82. The molecule has 0 aliphatic carbocycles. The number of benzene rings is 2. The van der Waals surface area contributed by atoms with Crippen molar-refractivity contribution in [3.8, 4) is 5.75 Å². The van der Waals surface area contributed by atoms with Crippen LogP contribution in [0.3, 0.4) is 0 Å². The normalized spacial score (nSPS) is 18.2. The standard InChI is InChI=1S/C24H28F2N2O5S/c1-4-6-10-18-15-28(17-11-8-7-9-12-17)21-13-19(25)22(14-23(21)34(30,31)27(18)3)33-16-20(26)24(29)32-5-2/h7-9,11-14,16,18H,4-6,10,15H2,1-3H3/b20-16-. The zero-order valence-corrected chi connectivity index (χ0v) is 20.1. The summed E-state index contributed by atoms with van der Waals surface area (Å²) >= 11 is 0. The molecular formula is C24H28F2N2O5S. The highest BCUT2D eigenvalue weighted by Crippen LogP contribution is 2.40. The van der Waals surface area contributed by atoms with E-state index >= 15 is 4.39 Å². The smallest absolute Gasteiger partial charge is 0.370 e. The fraction of sp³-hybridized carbons (Fsp3) is 0.375. The van der Waals surface area contributed by atoms with Gasteiger partial charge in [-0.2, -0.15) is 8.70 Å². The molecule has 1 unspecified atom stereocenters. The van der Waals surface area contributed by atoms with Gasteiger partial charge in [0, 0.05) is 37.5 Å². The first kappa shape index (κ1) is 25.6. The van der Waals surface area contributed by atoms with Crippen molar-refractivity contribution in [2.24, 2.45) is 0 Å². The van der Waals surface area contributed by atoms with E-state index in [-0.39, 0.29) is 23.2 Å². The van der Waals surface area contributed by atoms with E-state index in [9.17, 15) is 17.6 Å². The number of anilines is 2. The van der Waals surface area contributed by atoms with Crippen molar-refractivity contribution in [2.75, 3.05) is 25.1 Å². The van der Waals surface area contributed by atoms with Crippen molar-refractivity contribution in [3.05, 3.63) is 60.4 Å². The molecule has 0 radical (unpaired) electrons. The van der Waals surface area contributed by atoms with Crippen molar-refractivity contribution in [3.63, 3.8) is 0 Å². The predicted octanol–water partition coefficient (Wildman–Crippen LogP) is 4.91. The third kappa shape index (κ3) is 5.39. The molecule has 2 aromatic rings. The molecule has 0 aromatic heterocycles. The van der Waals surface area contributed by atoms with Gasteiger partial charge in [0.2, 0.25) is 15.9 Å². The molecule has 1 atom stereocenters. The fourth-order valence-corrected chi connectivity index (χ4v) is 5.30. The molecule has 1 aliphatic heterocycles. The maximum absolute atomic E-state index is 15.0. The number of para-hydroxylation sites is 1. The molecule has 0 fully saturated rings. The van der Waals surface area contributed by atoms with Crippen molar-refractivity contribution < 1.29 is 31.5 Å².